The molecule has 2 N–H and O–H groups in total. The number of nitrogens with one attached hydrogen (secondary N) is 1. The zero-order chi connectivity index (χ0) is 10.9. The molecule has 0 radical (unpaired) electrons. The van der Waals surface area contributed by atoms with Crippen molar-refractivity contribution in [3.63, 3.8) is 0 Å². The molecule has 16 heavy (non-hydrogen) atoms. The Hall–Kier alpha value is -0.590. The van der Waals surface area contributed by atoms with Gasteiger partial charge in [-0.3, -0.25) is 9.27 Å². The third-order valence-corrected chi connectivity index (χ3v) is 2.51. The first-order chi connectivity index (χ1) is 7.06. The summed E-state index contributed by atoms with van der Waals surface area (Å²) in [5.74, 6) is 0. The van der Waals surface area contributed by atoms with Gasteiger partial charge >= 0.3 is 39.9 Å². The van der Waals surface area contributed by atoms with Crippen LogP contribution >= 0.6 is 0 Å². The van der Waals surface area contributed by atoms with Crippen molar-refractivity contribution in [1.82, 2.24) is 0 Å². The van der Waals surface area contributed by atoms with Crippen LogP contribution in [0.25, 0.3) is 10.8 Å². The van der Waals surface area contributed by atoms with Gasteiger partial charge in [0.25, 0.3) is 0 Å². The molecule has 0 saturated heterocycles. The van der Waals surface area contributed by atoms with Crippen LogP contribution in [-0.4, -0.2) is 13.0 Å². The van der Waals surface area contributed by atoms with Crippen LogP contribution in [-0.2, 0) is 10.3 Å². The maximum absolute atomic E-state index is 10.7. The summed E-state index contributed by atoms with van der Waals surface area (Å²) in [6.45, 7) is 0. The smallest absolute Gasteiger partial charge is 1.00 e. The van der Waals surface area contributed by atoms with Gasteiger partial charge in [0.2, 0.25) is 0 Å². The first-order valence-corrected chi connectivity index (χ1v) is 5.73. The Kier molecular flexibility index (Phi) is 4.35. The molecule has 4 nitrogen and oxygen atoms in total. The van der Waals surface area contributed by atoms with E-state index in [1.165, 1.54) is 0 Å². The van der Waals surface area contributed by atoms with Gasteiger partial charge in [-0.05, 0) is 11.5 Å². The molecule has 0 atom stereocenters. The summed E-state index contributed by atoms with van der Waals surface area (Å²) < 4.78 is 32.1. The Bertz CT molecular complexity index is 598. The normalized spacial score (nSPS) is 10.8. The van der Waals surface area contributed by atoms with E-state index in [0.717, 1.165) is 10.8 Å². The SMILES string of the molecule is O=S(=O)(O)Nc1cccc2ccccc12.[H-].[Na+]. The molecule has 80 valence electrons. The molecular weight excluding hydrogens is 237 g/mol. The molecule has 0 aliphatic rings. The van der Waals surface area contributed by atoms with E-state index in [9.17, 15) is 8.42 Å². The summed E-state index contributed by atoms with van der Waals surface area (Å²) in [6.07, 6.45) is 0. The molecule has 0 fully saturated rings. The minimum absolute atomic E-state index is 0. The molecule has 0 aliphatic heterocycles. The first-order valence-electron chi connectivity index (χ1n) is 4.29. The predicted molar refractivity (Wildman–Crippen MR) is 60.2 cm³/mol. The fourth-order valence-corrected chi connectivity index (χ4v) is 1.91. The quantitative estimate of drug-likeness (QED) is 0.538. The van der Waals surface area contributed by atoms with Crippen LogP contribution in [0, 0.1) is 0 Å². The summed E-state index contributed by atoms with van der Waals surface area (Å²) in [4.78, 5) is 0. The van der Waals surface area contributed by atoms with E-state index in [1.54, 1.807) is 24.3 Å². The van der Waals surface area contributed by atoms with Crippen molar-refractivity contribution in [2.75, 3.05) is 4.72 Å². The van der Waals surface area contributed by atoms with Crippen molar-refractivity contribution in [3.05, 3.63) is 42.5 Å². The summed E-state index contributed by atoms with van der Waals surface area (Å²) in [6, 6.07) is 12.5. The summed E-state index contributed by atoms with van der Waals surface area (Å²) in [7, 11) is -4.22. The average Bonchev–Trinajstić information content (AvgIpc) is 2.16. The zero-order valence-corrected chi connectivity index (χ0v) is 11.5. The minimum atomic E-state index is -4.22. The zero-order valence-electron chi connectivity index (χ0n) is 9.71. The van der Waals surface area contributed by atoms with Crippen LogP contribution in [0.1, 0.15) is 1.43 Å². The van der Waals surface area contributed by atoms with Crippen molar-refractivity contribution in [1.29, 1.82) is 0 Å². The number of anilines is 1. The Morgan fingerprint density at radius 2 is 1.69 bits per heavy atom. The Morgan fingerprint density at radius 3 is 2.38 bits per heavy atom. The standard InChI is InChI=1S/C10H9NO3S.Na.H/c12-15(13,14)11-10-7-3-5-8-4-1-2-6-9(8)10;;/h1-7,11H,(H,12,13,14);;/q;+1;-1. The number of benzene rings is 2. The Morgan fingerprint density at radius 1 is 1.06 bits per heavy atom. The van der Waals surface area contributed by atoms with E-state index in [1.807, 2.05) is 18.2 Å². The van der Waals surface area contributed by atoms with Gasteiger partial charge in [0.1, 0.15) is 0 Å². The second kappa shape index (κ2) is 5.16. The molecule has 0 aromatic heterocycles. The number of hydrogen-bond donors (Lipinski definition) is 2. The molecule has 0 heterocycles. The van der Waals surface area contributed by atoms with Crippen molar-refractivity contribution < 1.29 is 44.0 Å². The maximum atomic E-state index is 10.7. The molecule has 2 rings (SSSR count). The molecule has 0 saturated carbocycles. The van der Waals surface area contributed by atoms with Crippen LogP contribution in [0.4, 0.5) is 5.69 Å². The van der Waals surface area contributed by atoms with Gasteiger partial charge in [0.15, 0.2) is 0 Å². The van der Waals surface area contributed by atoms with Crippen LogP contribution in [0.2, 0.25) is 0 Å². The van der Waals surface area contributed by atoms with Crippen LogP contribution in [0.5, 0.6) is 0 Å². The third-order valence-electron chi connectivity index (χ3n) is 2.03. The van der Waals surface area contributed by atoms with Crippen LogP contribution < -0.4 is 34.3 Å². The molecular formula is C10H10NNaO3S. The van der Waals surface area contributed by atoms with Gasteiger partial charge in [-0.2, -0.15) is 8.42 Å². The van der Waals surface area contributed by atoms with Gasteiger partial charge in [-0.1, -0.05) is 36.4 Å². The van der Waals surface area contributed by atoms with E-state index in [0.29, 0.717) is 5.69 Å². The second-order valence-corrected chi connectivity index (χ2v) is 4.26. The van der Waals surface area contributed by atoms with Crippen molar-refractivity contribution in [2.24, 2.45) is 0 Å². The van der Waals surface area contributed by atoms with Gasteiger partial charge in [-0.15, -0.1) is 0 Å². The van der Waals surface area contributed by atoms with E-state index in [4.69, 9.17) is 4.55 Å². The summed E-state index contributed by atoms with van der Waals surface area (Å²) in [5, 5.41) is 1.66. The first kappa shape index (κ1) is 13.5. The average molecular weight is 247 g/mol. The van der Waals surface area contributed by atoms with Crippen molar-refractivity contribution >= 4 is 26.8 Å². The minimum Gasteiger partial charge on any atom is -1.00 e. The Labute approximate surface area is 117 Å². The Balaban J connectivity index is 0.00000128. The van der Waals surface area contributed by atoms with Crippen molar-refractivity contribution in [2.45, 2.75) is 0 Å². The molecule has 0 amide bonds. The number of hydrogen-bond acceptors (Lipinski definition) is 2. The fraction of sp³-hybridized carbons (Fsp3) is 0. The summed E-state index contributed by atoms with van der Waals surface area (Å²) >= 11 is 0. The molecule has 0 aliphatic carbocycles. The number of fused-ring (bicyclic) bond motifs is 1. The van der Waals surface area contributed by atoms with Gasteiger partial charge < -0.3 is 1.43 Å². The van der Waals surface area contributed by atoms with Gasteiger partial charge in [0, 0.05) is 5.39 Å². The third kappa shape index (κ3) is 3.20. The van der Waals surface area contributed by atoms with Crippen LogP contribution in [0.3, 0.4) is 0 Å². The monoisotopic (exact) mass is 247 g/mol. The van der Waals surface area contributed by atoms with Crippen molar-refractivity contribution in [3.8, 4) is 0 Å². The maximum Gasteiger partial charge on any atom is 1.00 e. The molecule has 0 bridgehead atoms. The van der Waals surface area contributed by atoms with E-state index < -0.39 is 10.3 Å². The van der Waals surface area contributed by atoms with E-state index in [2.05, 4.69) is 4.72 Å². The predicted octanol–water partition coefficient (Wildman–Crippen LogP) is -0.829. The molecule has 2 aromatic carbocycles. The topological polar surface area (TPSA) is 66.4 Å². The molecule has 0 unspecified atom stereocenters. The van der Waals surface area contributed by atoms with E-state index in [-0.39, 0.29) is 31.0 Å². The molecule has 6 heteroatoms. The van der Waals surface area contributed by atoms with Crippen LogP contribution in [0.15, 0.2) is 42.5 Å². The largest absolute Gasteiger partial charge is 1.00 e. The van der Waals surface area contributed by atoms with Gasteiger partial charge in [-0.25, -0.2) is 0 Å². The number of rotatable bonds is 2. The second-order valence-electron chi connectivity index (χ2n) is 3.10. The van der Waals surface area contributed by atoms with Gasteiger partial charge in [0.05, 0.1) is 5.69 Å². The molecule has 0 spiro atoms. The fourth-order valence-electron chi connectivity index (χ4n) is 1.45. The summed E-state index contributed by atoms with van der Waals surface area (Å²) in [5.41, 5.74) is 0.371. The molecule has 2 aromatic rings. The van der Waals surface area contributed by atoms with E-state index >= 15 is 0 Å².